The minimum absolute atomic E-state index is 0.0223. The molecule has 0 aliphatic heterocycles. The molecule has 10 heteroatoms. The van der Waals surface area contributed by atoms with Gasteiger partial charge in [-0.05, 0) is 46.9 Å². The van der Waals surface area contributed by atoms with Gasteiger partial charge in [-0.15, -0.1) is 0 Å². The van der Waals surface area contributed by atoms with Crippen molar-refractivity contribution < 1.29 is 35.7 Å². The van der Waals surface area contributed by atoms with E-state index in [1.807, 2.05) is 22.6 Å². The fraction of sp³-hybridized carbons (Fsp3) is 0.300. The highest BCUT2D eigenvalue weighted by Gasteiger charge is 2.48. The van der Waals surface area contributed by atoms with Crippen LogP contribution in [-0.2, 0) is 14.9 Å². The first kappa shape index (κ1) is 17.2. The van der Waals surface area contributed by atoms with Gasteiger partial charge in [0.25, 0.3) is 0 Å². The fourth-order valence-electron chi connectivity index (χ4n) is 1.07. The van der Waals surface area contributed by atoms with Crippen molar-refractivity contribution in [2.75, 3.05) is 6.61 Å². The average molecular weight is 423 g/mol. The summed E-state index contributed by atoms with van der Waals surface area (Å²) < 4.78 is 74.0. The van der Waals surface area contributed by atoms with E-state index in [1.54, 1.807) is 0 Å². The van der Waals surface area contributed by atoms with Crippen molar-refractivity contribution in [3.63, 3.8) is 0 Å². The van der Waals surface area contributed by atoms with Gasteiger partial charge in [-0.3, -0.25) is 0 Å². The molecule has 0 saturated heterocycles. The predicted octanol–water partition coefficient (Wildman–Crippen LogP) is 1.92. The summed E-state index contributed by atoms with van der Waals surface area (Å²) in [6.45, 7) is -1.54. The molecule has 20 heavy (non-hydrogen) atoms. The van der Waals surface area contributed by atoms with E-state index in [-0.39, 0.29) is 5.56 Å². The molecule has 0 aromatic heterocycles. The molecule has 1 atom stereocenters. The van der Waals surface area contributed by atoms with Crippen molar-refractivity contribution in [2.45, 2.75) is 11.4 Å². The Morgan fingerprint density at radius 3 is 2.30 bits per heavy atom. The SMILES string of the molecule is O=C(OCC(F)C(F)(F)S(=O)(=O)[O-])c1ccc(I)cc1. The second-order valence-electron chi connectivity index (χ2n) is 3.59. The van der Waals surface area contributed by atoms with E-state index in [1.165, 1.54) is 24.3 Å². The van der Waals surface area contributed by atoms with E-state index in [9.17, 15) is 30.9 Å². The lowest BCUT2D eigenvalue weighted by Gasteiger charge is -2.22. The first-order chi connectivity index (χ1) is 9.05. The van der Waals surface area contributed by atoms with Gasteiger partial charge in [0.2, 0.25) is 6.17 Å². The largest absolute Gasteiger partial charge is 0.743 e. The Kier molecular flexibility index (Phi) is 5.38. The molecule has 112 valence electrons. The lowest BCUT2D eigenvalue weighted by Crippen LogP contribution is -2.41. The monoisotopic (exact) mass is 423 g/mol. The summed E-state index contributed by atoms with van der Waals surface area (Å²) in [5, 5.41) is -5.15. The van der Waals surface area contributed by atoms with Gasteiger partial charge >= 0.3 is 11.2 Å². The normalized spacial score (nSPS) is 13.8. The highest BCUT2D eigenvalue weighted by atomic mass is 127. The van der Waals surface area contributed by atoms with Gasteiger partial charge in [-0.25, -0.2) is 17.6 Å². The Morgan fingerprint density at radius 2 is 1.85 bits per heavy atom. The molecule has 0 spiro atoms. The topological polar surface area (TPSA) is 83.5 Å². The van der Waals surface area contributed by atoms with E-state index in [0.29, 0.717) is 0 Å². The summed E-state index contributed by atoms with van der Waals surface area (Å²) >= 11 is 1.96. The first-order valence-corrected chi connectivity index (χ1v) is 7.44. The summed E-state index contributed by atoms with van der Waals surface area (Å²) in [5.41, 5.74) is -0.0223. The van der Waals surface area contributed by atoms with Gasteiger partial charge in [-0.1, -0.05) is 0 Å². The summed E-state index contributed by atoms with van der Waals surface area (Å²) in [6.07, 6.45) is -3.43. The van der Waals surface area contributed by atoms with Crippen LogP contribution in [0.3, 0.4) is 0 Å². The molecular formula is C10H7F3IO5S-. The van der Waals surface area contributed by atoms with Gasteiger partial charge in [-0.2, -0.15) is 8.78 Å². The van der Waals surface area contributed by atoms with Crippen LogP contribution in [0, 0.1) is 3.57 Å². The Hall–Kier alpha value is -0.880. The average Bonchev–Trinajstić information content (AvgIpc) is 2.34. The van der Waals surface area contributed by atoms with E-state index >= 15 is 0 Å². The van der Waals surface area contributed by atoms with Crippen LogP contribution in [0.15, 0.2) is 24.3 Å². The van der Waals surface area contributed by atoms with Crippen LogP contribution >= 0.6 is 22.6 Å². The quantitative estimate of drug-likeness (QED) is 0.411. The van der Waals surface area contributed by atoms with Crippen LogP contribution in [0.5, 0.6) is 0 Å². The summed E-state index contributed by atoms with van der Waals surface area (Å²) in [5.74, 6) is -1.11. The molecule has 0 fully saturated rings. The molecular weight excluding hydrogens is 416 g/mol. The number of hydrogen-bond acceptors (Lipinski definition) is 5. The van der Waals surface area contributed by atoms with Crippen molar-refractivity contribution in [1.82, 2.24) is 0 Å². The highest BCUT2D eigenvalue weighted by Crippen LogP contribution is 2.27. The van der Waals surface area contributed by atoms with Crippen molar-refractivity contribution in [3.05, 3.63) is 33.4 Å². The molecule has 0 N–H and O–H groups in total. The Bertz CT molecular complexity index is 587. The number of carbonyl (C=O) groups excluding carboxylic acids is 1. The van der Waals surface area contributed by atoms with E-state index < -0.39 is 34.1 Å². The maximum Gasteiger partial charge on any atom is 0.368 e. The van der Waals surface area contributed by atoms with Crippen LogP contribution < -0.4 is 0 Å². The minimum atomic E-state index is -6.17. The molecule has 0 saturated carbocycles. The maximum atomic E-state index is 13.0. The zero-order chi connectivity index (χ0) is 15.6. The lowest BCUT2D eigenvalue weighted by atomic mass is 10.2. The molecule has 5 nitrogen and oxygen atoms in total. The molecule has 0 aliphatic carbocycles. The highest BCUT2D eigenvalue weighted by molar-refractivity contribution is 14.1. The second-order valence-corrected chi connectivity index (χ2v) is 6.29. The van der Waals surface area contributed by atoms with Gasteiger partial charge in [0.15, 0.2) is 10.1 Å². The van der Waals surface area contributed by atoms with Gasteiger partial charge in [0, 0.05) is 3.57 Å². The third kappa shape index (κ3) is 4.06. The first-order valence-electron chi connectivity index (χ1n) is 4.95. The number of rotatable bonds is 5. The van der Waals surface area contributed by atoms with Gasteiger partial charge in [0.05, 0.1) is 5.56 Å². The summed E-state index contributed by atoms with van der Waals surface area (Å²) in [7, 11) is -6.17. The minimum Gasteiger partial charge on any atom is -0.743 e. The number of halogens is 4. The number of esters is 1. The van der Waals surface area contributed by atoms with Crippen LogP contribution in [0.2, 0.25) is 0 Å². The number of carbonyl (C=O) groups is 1. The molecule has 0 heterocycles. The molecule has 1 aromatic carbocycles. The third-order valence-electron chi connectivity index (χ3n) is 2.14. The Morgan fingerprint density at radius 1 is 1.35 bits per heavy atom. The van der Waals surface area contributed by atoms with Gasteiger partial charge < -0.3 is 9.29 Å². The standard InChI is InChI=1S/C10H8F3IO5S/c11-8(10(12,13)20(16,17)18)5-19-9(15)6-1-3-7(14)4-2-6/h1-4,8H,5H2,(H,16,17,18)/p-1. The molecule has 0 aliphatic rings. The number of alkyl halides is 3. The Labute approximate surface area is 126 Å². The Balaban J connectivity index is 2.68. The smallest absolute Gasteiger partial charge is 0.368 e. The van der Waals surface area contributed by atoms with Crippen molar-refractivity contribution in [1.29, 1.82) is 0 Å². The van der Waals surface area contributed by atoms with E-state index in [4.69, 9.17) is 0 Å². The fourth-order valence-corrected chi connectivity index (χ4v) is 1.81. The van der Waals surface area contributed by atoms with Crippen molar-refractivity contribution in [3.8, 4) is 0 Å². The molecule has 0 radical (unpaired) electrons. The second kappa shape index (κ2) is 6.26. The zero-order valence-corrected chi connectivity index (χ0v) is 12.5. The van der Waals surface area contributed by atoms with Gasteiger partial charge in [0.1, 0.15) is 6.61 Å². The number of hydrogen-bond donors (Lipinski definition) is 0. The van der Waals surface area contributed by atoms with Crippen LogP contribution in [-0.4, -0.2) is 37.0 Å². The molecule has 1 unspecified atom stereocenters. The summed E-state index contributed by atoms with van der Waals surface area (Å²) in [6, 6.07) is 5.70. The van der Waals surface area contributed by atoms with Crippen LogP contribution in [0.25, 0.3) is 0 Å². The zero-order valence-electron chi connectivity index (χ0n) is 9.56. The molecule has 1 rings (SSSR count). The summed E-state index contributed by atoms with van der Waals surface area (Å²) in [4.78, 5) is 11.4. The number of ether oxygens (including phenoxy) is 1. The van der Waals surface area contributed by atoms with Crippen LogP contribution in [0.1, 0.15) is 10.4 Å². The van der Waals surface area contributed by atoms with E-state index in [0.717, 1.165) is 3.57 Å². The maximum absolute atomic E-state index is 13.0. The molecule has 1 aromatic rings. The van der Waals surface area contributed by atoms with Crippen molar-refractivity contribution >= 4 is 38.7 Å². The van der Waals surface area contributed by atoms with Crippen LogP contribution in [0.4, 0.5) is 13.2 Å². The van der Waals surface area contributed by atoms with Crippen molar-refractivity contribution in [2.24, 2.45) is 0 Å². The lowest BCUT2D eigenvalue weighted by molar-refractivity contribution is -0.0362. The number of benzene rings is 1. The molecule has 0 amide bonds. The molecule has 0 bridgehead atoms. The van der Waals surface area contributed by atoms with E-state index in [2.05, 4.69) is 4.74 Å². The third-order valence-corrected chi connectivity index (χ3v) is 3.78. The predicted molar refractivity (Wildman–Crippen MR) is 69.0 cm³/mol.